The molecule has 6 atom stereocenters. The Bertz CT molecular complexity index is 1560. The third-order valence-corrected chi connectivity index (χ3v) is 17.4. The summed E-state index contributed by atoms with van der Waals surface area (Å²) in [6, 6.07) is 0. The van der Waals surface area contributed by atoms with Crippen LogP contribution in [-0.2, 0) is 65.4 Å². The number of aliphatic hydroxyl groups excluding tert-OH is 1. The van der Waals surface area contributed by atoms with Crippen LogP contribution in [0.25, 0.3) is 0 Å². The lowest BCUT2D eigenvalue weighted by atomic mass is 9.99. The molecule has 0 radical (unpaired) electrons. The van der Waals surface area contributed by atoms with Crippen LogP contribution in [-0.4, -0.2) is 96.7 Å². The molecule has 84 heavy (non-hydrogen) atoms. The van der Waals surface area contributed by atoms with E-state index in [1.807, 2.05) is 0 Å². The number of hydrogen-bond acceptors (Lipinski definition) is 15. The maximum atomic E-state index is 13.0. The lowest BCUT2D eigenvalue weighted by Gasteiger charge is -2.21. The number of unbranched alkanes of at least 4 members (excludes halogenated alkanes) is 26. The highest BCUT2D eigenvalue weighted by atomic mass is 31.2. The van der Waals surface area contributed by atoms with E-state index in [4.69, 9.17) is 37.0 Å². The van der Waals surface area contributed by atoms with Gasteiger partial charge in [-0.25, -0.2) is 9.13 Å². The summed E-state index contributed by atoms with van der Waals surface area (Å²) in [6.07, 6.45) is 34.9. The van der Waals surface area contributed by atoms with Gasteiger partial charge in [0.25, 0.3) is 0 Å². The fourth-order valence-electron chi connectivity index (χ4n) is 9.54. The van der Waals surface area contributed by atoms with Crippen molar-refractivity contribution in [3.63, 3.8) is 0 Å². The van der Waals surface area contributed by atoms with E-state index in [-0.39, 0.29) is 25.7 Å². The van der Waals surface area contributed by atoms with Gasteiger partial charge in [-0.3, -0.25) is 37.3 Å². The predicted molar refractivity (Wildman–Crippen MR) is 335 cm³/mol. The number of esters is 4. The van der Waals surface area contributed by atoms with Crippen molar-refractivity contribution in [3.8, 4) is 0 Å². The molecule has 0 saturated heterocycles. The van der Waals surface area contributed by atoms with Crippen LogP contribution < -0.4 is 0 Å². The Labute approximate surface area is 511 Å². The Morgan fingerprint density at radius 3 is 0.845 bits per heavy atom. The molecule has 0 aromatic rings. The highest BCUT2D eigenvalue weighted by Gasteiger charge is 2.30. The van der Waals surface area contributed by atoms with Crippen molar-refractivity contribution in [2.75, 3.05) is 39.6 Å². The Morgan fingerprint density at radius 1 is 0.333 bits per heavy atom. The number of carbonyl (C=O) groups excluding carboxylic acids is 4. The first-order valence-electron chi connectivity index (χ1n) is 33.8. The van der Waals surface area contributed by atoms with Gasteiger partial charge in [0, 0.05) is 25.7 Å². The van der Waals surface area contributed by atoms with Crippen LogP contribution in [0.5, 0.6) is 0 Å². The topological polar surface area (TPSA) is 237 Å². The molecule has 19 heteroatoms. The highest BCUT2D eigenvalue weighted by molar-refractivity contribution is 7.47. The van der Waals surface area contributed by atoms with Crippen molar-refractivity contribution in [1.82, 2.24) is 0 Å². The van der Waals surface area contributed by atoms with Crippen LogP contribution in [0.2, 0.25) is 0 Å². The molecule has 0 heterocycles. The molecule has 0 amide bonds. The zero-order valence-electron chi connectivity index (χ0n) is 54.5. The molecule has 4 unspecified atom stereocenters. The Kier molecular flexibility index (Phi) is 53.9. The largest absolute Gasteiger partial charge is 0.472 e. The Hall–Kier alpha value is -1.94. The summed E-state index contributed by atoms with van der Waals surface area (Å²) in [5.74, 6) is 0.809. The summed E-state index contributed by atoms with van der Waals surface area (Å²) >= 11 is 0. The molecule has 498 valence electrons. The summed E-state index contributed by atoms with van der Waals surface area (Å²) in [5.41, 5.74) is 0. The molecule has 0 fully saturated rings. The monoisotopic (exact) mass is 1240 g/mol. The molecule has 17 nitrogen and oxygen atoms in total. The second-order valence-corrected chi connectivity index (χ2v) is 27.8. The summed E-state index contributed by atoms with van der Waals surface area (Å²) in [7, 11) is -9.89. The number of rotatable bonds is 62. The smallest absolute Gasteiger partial charge is 0.462 e. The molecule has 3 N–H and O–H groups in total. The van der Waals surface area contributed by atoms with E-state index < -0.39 is 97.5 Å². The summed E-state index contributed by atoms with van der Waals surface area (Å²) in [6.45, 7) is 14.0. The van der Waals surface area contributed by atoms with Gasteiger partial charge in [-0.2, -0.15) is 0 Å². The first kappa shape index (κ1) is 82.1. The van der Waals surface area contributed by atoms with Crippen LogP contribution in [0, 0.1) is 23.7 Å². The van der Waals surface area contributed by atoms with E-state index in [1.54, 1.807) is 0 Å². The maximum Gasteiger partial charge on any atom is 0.472 e. The third kappa shape index (κ3) is 56.6. The van der Waals surface area contributed by atoms with E-state index >= 15 is 0 Å². The number of phosphoric ester groups is 2. The lowest BCUT2D eigenvalue weighted by molar-refractivity contribution is -0.161. The Morgan fingerprint density at radius 2 is 0.571 bits per heavy atom. The fraction of sp³-hybridized carbons (Fsp3) is 0.938. The van der Waals surface area contributed by atoms with Crippen molar-refractivity contribution < 1.29 is 80.2 Å². The lowest BCUT2D eigenvalue weighted by Crippen LogP contribution is -2.30. The SMILES string of the molecule is CCC(C)CCCCCCCCCCC(=O)O[C@H](COC(=O)CCCCCCCCCC(C)C)COP(=O)(O)OCC(O)COP(=O)(O)OC[C@@H](COC(=O)CCCCCCCCCC(C)C)OC(=O)CCCCCCCCCCC(C)CC. The van der Waals surface area contributed by atoms with E-state index in [2.05, 4.69) is 55.4 Å². The fourth-order valence-corrected chi connectivity index (χ4v) is 11.1. The molecular weight excluding hydrogens is 1110 g/mol. The second-order valence-electron chi connectivity index (χ2n) is 24.9. The average molecular weight is 1240 g/mol. The number of ether oxygens (including phenoxy) is 4. The van der Waals surface area contributed by atoms with Crippen molar-refractivity contribution in [2.45, 2.75) is 331 Å². The second kappa shape index (κ2) is 55.2. The predicted octanol–water partition coefficient (Wildman–Crippen LogP) is 17.8. The zero-order chi connectivity index (χ0) is 62.5. The van der Waals surface area contributed by atoms with Gasteiger partial charge in [0.1, 0.15) is 19.3 Å². The van der Waals surface area contributed by atoms with E-state index in [1.165, 1.54) is 103 Å². The van der Waals surface area contributed by atoms with Gasteiger partial charge < -0.3 is 33.8 Å². The normalized spacial score (nSPS) is 15.1. The highest BCUT2D eigenvalue weighted by Crippen LogP contribution is 2.45. The van der Waals surface area contributed by atoms with Crippen molar-refractivity contribution in [1.29, 1.82) is 0 Å². The Balaban J connectivity index is 5.27. The first-order valence-corrected chi connectivity index (χ1v) is 36.8. The quantitative estimate of drug-likeness (QED) is 0.0222. The van der Waals surface area contributed by atoms with Gasteiger partial charge in [-0.1, -0.05) is 261 Å². The molecular formula is C65H126O17P2. The molecule has 0 bridgehead atoms. The third-order valence-electron chi connectivity index (χ3n) is 15.5. The van der Waals surface area contributed by atoms with Crippen LogP contribution in [0.3, 0.4) is 0 Å². The zero-order valence-corrected chi connectivity index (χ0v) is 56.3. The van der Waals surface area contributed by atoms with E-state index in [0.717, 1.165) is 115 Å². The van der Waals surface area contributed by atoms with Gasteiger partial charge in [0.05, 0.1) is 26.4 Å². The van der Waals surface area contributed by atoms with Crippen molar-refractivity contribution >= 4 is 39.5 Å². The molecule has 0 rings (SSSR count). The van der Waals surface area contributed by atoms with Crippen LogP contribution in [0.15, 0.2) is 0 Å². The first-order chi connectivity index (χ1) is 40.2. The number of hydrogen-bond donors (Lipinski definition) is 3. The summed E-state index contributed by atoms with van der Waals surface area (Å²) in [4.78, 5) is 72.3. The van der Waals surface area contributed by atoms with Crippen LogP contribution in [0.4, 0.5) is 0 Å². The van der Waals surface area contributed by atoms with Gasteiger partial charge in [-0.15, -0.1) is 0 Å². The van der Waals surface area contributed by atoms with E-state index in [9.17, 15) is 43.2 Å². The van der Waals surface area contributed by atoms with Crippen molar-refractivity contribution in [3.05, 3.63) is 0 Å². The molecule has 0 aliphatic rings. The molecule has 0 aromatic heterocycles. The molecule has 0 aliphatic carbocycles. The van der Waals surface area contributed by atoms with Crippen molar-refractivity contribution in [2.24, 2.45) is 23.7 Å². The molecule has 0 saturated carbocycles. The molecule has 0 aromatic carbocycles. The number of carbonyl (C=O) groups is 4. The van der Waals surface area contributed by atoms with Gasteiger partial charge >= 0.3 is 39.5 Å². The van der Waals surface area contributed by atoms with E-state index in [0.29, 0.717) is 37.5 Å². The van der Waals surface area contributed by atoms with Gasteiger partial charge in [0.15, 0.2) is 12.2 Å². The maximum absolute atomic E-state index is 13.0. The minimum atomic E-state index is -4.95. The average Bonchev–Trinajstić information content (AvgIpc) is 3.59. The van der Waals surface area contributed by atoms with Crippen LogP contribution in [0.1, 0.15) is 312 Å². The van der Waals surface area contributed by atoms with Gasteiger partial charge in [0.2, 0.25) is 0 Å². The number of aliphatic hydroxyl groups is 1. The van der Waals surface area contributed by atoms with Gasteiger partial charge in [-0.05, 0) is 49.4 Å². The van der Waals surface area contributed by atoms with Crippen LogP contribution >= 0.6 is 15.6 Å². The molecule has 0 aliphatic heterocycles. The minimum Gasteiger partial charge on any atom is -0.462 e. The standard InChI is InChI=1S/C65H126O17P2/c1-9-57(7)43-35-27-19-11-13-21-31-39-47-64(69)81-60(51-75-62(67)45-37-29-23-15-17-25-33-41-55(3)4)53-79-83(71,72)77-49-59(66)50-78-84(73,74)80-54-61(52-76-63(68)46-38-30-24-16-18-26-34-42-56(5)6)82-65(70)48-40-32-22-14-12-20-28-36-44-58(8)10-2/h55-61,66H,9-54H2,1-8H3,(H,71,72)(H,73,74)/t57?,58?,59?,60-,61-/m1/s1. The summed E-state index contributed by atoms with van der Waals surface area (Å²) < 4.78 is 68.0. The minimum absolute atomic E-state index is 0.103. The summed E-state index contributed by atoms with van der Waals surface area (Å²) in [5, 5.41) is 10.5. The number of phosphoric acid groups is 2. The molecule has 0 spiro atoms.